The minimum absolute atomic E-state index is 0.599. The second kappa shape index (κ2) is 5.61. The monoisotopic (exact) mass is 228 g/mol. The smallest absolute Gasteiger partial charge is 0.108 e. The normalized spacial score (nSPS) is 15.5. The molecule has 1 heterocycles. The molecule has 2 N–H and O–H groups in total. The van der Waals surface area contributed by atoms with Gasteiger partial charge in [0.15, 0.2) is 0 Å². The molecule has 0 aliphatic rings. The van der Waals surface area contributed by atoms with E-state index in [-0.39, 0.29) is 0 Å². The number of nitrogens with zero attached hydrogens (tertiary/aromatic N) is 1. The highest BCUT2D eigenvalue weighted by molar-refractivity contribution is 7.10. The first kappa shape index (κ1) is 12.6. The van der Waals surface area contributed by atoms with E-state index in [0.29, 0.717) is 6.54 Å². The fourth-order valence-electron chi connectivity index (χ4n) is 1.31. The third-order valence-corrected chi connectivity index (χ3v) is 3.38. The van der Waals surface area contributed by atoms with Gasteiger partial charge < -0.3 is 15.3 Å². The topological polar surface area (TPSA) is 35.5 Å². The molecule has 0 spiro atoms. The Morgan fingerprint density at radius 1 is 1.53 bits per heavy atom. The van der Waals surface area contributed by atoms with Gasteiger partial charge in [-0.15, -0.1) is 11.3 Å². The highest BCUT2D eigenvalue weighted by atomic mass is 32.1. The van der Waals surface area contributed by atoms with E-state index < -0.39 is 5.60 Å². The number of thiophene rings is 1. The van der Waals surface area contributed by atoms with Crippen LogP contribution in [0.5, 0.6) is 0 Å². The molecule has 15 heavy (non-hydrogen) atoms. The third kappa shape index (κ3) is 4.30. The Labute approximate surface area is 95.7 Å². The molecule has 1 aromatic heterocycles. The van der Waals surface area contributed by atoms with Crippen molar-refractivity contribution in [3.63, 3.8) is 0 Å². The zero-order chi connectivity index (χ0) is 11.3. The standard InChI is InChI=1S/C11H20N2OS/c1-11(14,10-5-4-8-15-10)9-12-6-7-13(2)3/h4-5,8,12,14H,6-7,9H2,1-3H3. The summed E-state index contributed by atoms with van der Waals surface area (Å²) < 4.78 is 0. The summed E-state index contributed by atoms with van der Waals surface area (Å²) in [7, 11) is 4.08. The Morgan fingerprint density at radius 2 is 2.27 bits per heavy atom. The van der Waals surface area contributed by atoms with Crippen LogP contribution in [-0.2, 0) is 5.60 Å². The van der Waals surface area contributed by atoms with Gasteiger partial charge in [0.05, 0.1) is 0 Å². The van der Waals surface area contributed by atoms with Gasteiger partial charge in [-0.2, -0.15) is 0 Å². The summed E-state index contributed by atoms with van der Waals surface area (Å²) in [6, 6.07) is 3.94. The minimum atomic E-state index is -0.750. The highest BCUT2D eigenvalue weighted by Crippen LogP contribution is 2.24. The average molecular weight is 228 g/mol. The van der Waals surface area contributed by atoms with Gasteiger partial charge in [0, 0.05) is 24.5 Å². The van der Waals surface area contributed by atoms with E-state index in [1.165, 1.54) is 0 Å². The van der Waals surface area contributed by atoms with Crippen LogP contribution < -0.4 is 5.32 Å². The van der Waals surface area contributed by atoms with Crippen molar-refractivity contribution in [1.82, 2.24) is 10.2 Å². The van der Waals surface area contributed by atoms with Crippen molar-refractivity contribution in [3.8, 4) is 0 Å². The second-order valence-electron chi connectivity index (χ2n) is 4.23. The van der Waals surface area contributed by atoms with Crippen LogP contribution in [0.2, 0.25) is 0 Å². The average Bonchev–Trinajstić information content (AvgIpc) is 2.65. The molecule has 0 amide bonds. The summed E-state index contributed by atoms with van der Waals surface area (Å²) in [4.78, 5) is 3.13. The van der Waals surface area contributed by atoms with E-state index in [4.69, 9.17) is 0 Å². The molecule has 1 unspecified atom stereocenters. The van der Waals surface area contributed by atoms with Crippen LogP contribution in [0.4, 0.5) is 0 Å². The molecule has 0 saturated heterocycles. The van der Waals surface area contributed by atoms with Crippen molar-refractivity contribution in [2.45, 2.75) is 12.5 Å². The zero-order valence-corrected chi connectivity index (χ0v) is 10.5. The molecule has 0 fully saturated rings. The van der Waals surface area contributed by atoms with Gasteiger partial charge in [-0.25, -0.2) is 0 Å². The Morgan fingerprint density at radius 3 is 2.80 bits per heavy atom. The van der Waals surface area contributed by atoms with Crippen molar-refractivity contribution in [3.05, 3.63) is 22.4 Å². The van der Waals surface area contributed by atoms with Crippen molar-refractivity contribution in [2.75, 3.05) is 33.7 Å². The first-order chi connectivity index (χ1) is 7.02. The quantitative estimate of drug-likeness (QED) is 0.716. The molecule has 86 valence electrons. The van der Waals surface area contributed by atoms with Gasteiger partial charge in [0.1, 0.15) is 5.60 Å². The molecule has 1 aromatic rings. The predicted octanol–water partition coefficient (Wildman–Crippen LogP) is 1.11. The number of rotatable bonds is 6. The fourth-order valence-corrected chi connectivity index (χ4v) is 2.09. The lowest BCUT2D eigenvalue weighted by molar-refractivity contribution is 0.0605. The number of hydrogen-bond acceptors (Lipinski definition) is 4. The summed E-state index contributed by atoms with van der Waals surface area (Å²) in [6.07, 6.45) is 0. The van der Waals surface area contributed by atoms with E-state index in [0.717, 1.165) is 18.0 Å². The summed E-state index contributed by atoms with van der Waals surface area (Å²) in [5, 5.41) is 15.4. The van der Waals surface area contributed by atoms with E-state index in [9.17, 15) is 5.11 Å². The van der Waals surface area contributed by atoms with Gasteiger partial charge in [-0.05, 0) is 32.5 Å². The largest absolute Gasteiger partial charge is 0.383 e. The summed E-state index contributed by atoms with van der Waals surface area (Å²) in [5.41, 5.74) is -0.750. The molecular weight excluding hydrogens is 208 g/mol. The van der Waals surface area contributed by atoms with Crippen LogP contribution in [-0.4, -0.2) is 43.7 Å². The van der Waals surface area contributed by atoms with Gasteiger partial charge in [0.2, 0.25) is 0 Å². The number of aliphatic hydroxyl groups is 1. The summed E-state index contributed by atoms with van der Waals surface area (Å²) in [6.45, 7) is 4.33. The Kier molecular flexibility index (Phi) is 4.73. The molecule has 0 bridgehead atoms. The summed E-state index contributed by atoms with van der Waals surface area (Å²) in [5.74, 6) is 0. The molecule has 1 atom stereocenters. The molecule has 3 nitrogen and oxygen atoms in total. The number of likely N-dealkylation sites (N-methyl/N-ethyl adjacent to an activating group) is 1. The van der Waals surface area contributed by atoms with Gasteiger partial charge >= 0.3 is 0 Å². The third-order valence-electron chi connectivity index (χ3n) is 2.26. The van der Waals surface area contributed by atoms with Crippen LogP contribution in [0, 0.1) is 0 Å². The Balaban J connectivity index is 2.31. The van der Waals surface area contributed by atoms with Gasteiger partial charge in [-0.1, -0.05) is 6.07 Å². The Hall–Kier alpha value is -0.420. The first-order valence-electron chi connectivity index (χ1n) is 5.14. The number of hydrogen-bond donors (Lipinski definition) is 2. The van der Waals surface area contributed by atoms with E-state index >= 15 is 0 Å². The van der Waals surface area contributed by atoms with E-state index in [2.05, 4.69) is 10.2 Å². The lowest BCUT2D eigenvalue weighted by Gasteiger charge is -2.22. The van der Waals surface area contributed by atoms with Crippen LogP contribution in [0.3, 0.4) is 0 Å². The minimum Gasteiger partial charge on any atom is -0.383 e. The number of nitrogens with one attached hydrogen (secondary N) is 1. The van der Waals surface area contributed by atoms with Gasteiger partial charge in [0.25, 0.3) is 0 Å². The molecule has 1 rings (SSSR count). The Bertz CT molecular complexity index is 270. The van der Waals surface area contributed by atoms with Crippen molar-refractivity contribution in [1.29, 1.82) is 0 Å². The maximum Gasteiger partial charge on any atom is 0.108 e. The maximum atomic E-state index is 10.2. The van der Waals surface area contributed by atoms with E-state index in [1.807, 2.05) is 38.5 Å². The molecule has 0 radical (unpaired) electrons. The van der Waals surface area contributed by atoms with Gasteiger partial charge in [-0.3, -0.25) is 0 Å². The van der Waals surface area contributed by atoms with Crippen molar-refractivity contribution < 1.29 is 5.11 Å². The highest BCUT2D eigenvalue weighted by Gasteiger charge is 2.23. The maximum absolute atomic E-state index is 10.2. The predicted molar refractivity (Wildman–Crippen MR) is 65.3 cm³/mol. The molecular formula is C11H20N2OS. The lowest BCUT2D eigenvalue weighted by atomic mass is 10.1. The van der Waals surface area contributed by atoms with Crippen LogP contribution in [0.15, 0.2) is 17.5 Å². The van der Waals surface area contributed by atoms with Crippen molar-refractivity contribution in [2.24, 2.45) is 0 Å². The lowest BCUT2D eigenvalue weighted by Crippen LogP contribution is -2.37. The van der Waals surface area contributed by atoms with Crippen LogP contribution >= 0.6 is 11.3 Å². The molecule has 0 aliphatic heterocycles. The molecule has 0 aliphatic carbocycles. The van der Waals surface area contributed by atoms with Crippen LogP contribution in [0.1, 0.15) is 11.8 Å². The SMILES string of the molecule is CN(C)CCNCC(C)(O)c1cccs1. The molecule has 0 saturated carbocycles. The molecule has 4 heteroatoms. The summed E-state index contributed by atoms with van der Waals surface area (Å²) >= 11 is 1.59. The van der Waals surface area contributed by atoms with E-state index in [1.54, 1.807) is 11.3 Å². The zero-order valence-electron chi connectivity index (χ0n) is 9.66. The van der Waals surface area contributed by atoms with Crippen molar-refractivity contribution >= 4 is 11.3 Å². The van der Waals surface area contributed by atoms with Crippen LogP contribution in [0.25, 0.3) is 0 Å². The first-order valence-corrected chi connectivity index (χ1v) is 6.02. The second-order valence-corrected chi connectivity index (χ2v) is 5.18. The molecule has 0 aromatic carbocycles. The fraction of sp³-hybridized carbons (Fsp3) is 0.636.